The maximum atomic E-state index is 13.1. The van der Waals surface area contributed by atoms with E-state index in [2.05, 4.69) is 20.0 Å². The number of alkyl halides is 4. The molecule has 2 N–H and O–H groups in total. The Balaban J connectivity index is 1.77. The normalized spacial score (nSPS) is 15.4. The molecule has 0 saturated carbocycles. The van der Waals surface area contributed by atoms with Crippen molar-refractivity contribution in [1.82, 2.24) is 14.9 Å². The van der Waals surface area contributed by atoms with Crippen LogP contribution in [0.2, 0.25) is 5.02 Å². The molecule has 0 saturated heterocycles. The maximum absolute atomic E-state index is 13.1. The zero-order chi connectivity index (χ0) is 24.5. The predicted octanol–water partition coefficient (Wildman–Crippen LogP) is 3.45. The molecule has 1 aliphatic rings. The van der Waals surface area contributed by atoms with Gasteiger partial charge in [-0.1, -0.05) is 11.6 Å². The fourth-order valence-electron chi connectivity index (χ4n) is 3.07. The van der Waals surface area contributed by atoms with Gasteiger partial charge in [0.15, 0.2) is 6.61 Å². The van der Waals surface area contributed by atoms with Crippen LogP contribution in [0.25, 0.3) is 0 Å². The Hall–Kier alpha value is -2.99. The summed E-state index contributed by atoms with van der Waals surface area (Å²) in [4.78, 5) is 34.1. The van der Waals surface area contributed by atoms with Crippen LogP contribution in [0.1, 0.15) is 41.4 Å². The molecule has 2 aromatic rings. The van der Waals surface area contributed by atoms with Gasteiger partial charge in [0.1, 0.15) is 16.9 Å². The molecule has 3 rings (SSSR count). The highest BCUT2D eigenvalue weighted by atomic mass is 35.5. The monoisotopic (exact) mass is 490 g/mol. The first kappa shape index (κ1) is 24.6. The summed E-state index contributed by atoms with van der Waals surface area (Å²) in [5.41, 5.74) is 1.19. The Kier molecular flexibility index (Phi) is 7.08. The molecule has 8 nitrogen and oxygen atoms in total. The molecule has 0 aromatic carbocycles. The average Bonchev–Trinajstić information content (AvgIpc) is 3.09. The van der Waals surface area contributed by atoms with Crippen LogP contribution in [-0.2, 0) is 11.3 Å². The third-order valence-electron chi connectivity index (χ3n) is 5.00. The van der Waals surface area contributed by atoms with Gasteiger partial charge >= 0.3 is 12.3 Å². The van der Waals surface area contributed by atoms with Crippen LogP contribution < -0.4 is 10.1 Å². The minimum atomic E-state index is -4.36. The molecule has 3 heterocycles. The quantitative estimate of drug-likeness (QED) is 0.549. The van der Waals surface area contributed by atoms with Gasteiger partial charge in [0.25, 0.3) is 11.8 Å². The van der Waals surface area contributed by atoms with E-state index in [0.29, 0.717) is 16.7 Å². The van der Waals surface area contributed by atoms with Crippen molar-refractivity contribution in [3.8, 4) is 5.88 Å². The lowest BCUT2D eigenvalue weighted by Gasteiger charge is -2.25. The molecule has 1 aliphatic heterocycles. The van der Waals surface area contributed by atoms with E-state index < -0.39 is 42.9 Å². The number of hydrogen-bond acceptors (Lipinski definition) is 6. The SMILES string of the molecule is CC(O)C(=O)Nc1nccc2c1CN(C(C)c1cnc(OCC(F)(F)C(F)F)c(Cl)c1)C2=O. The molecular formula is C20H19ClF4N4O4. The number of carbonyl (C=O) groups is 2. The number of ether oxygens (including phenoxy) is 1. The zero-order valence-electron chi connectivity index (χ0n) is 17.4. The van der Waals surface area contributed by atoms with Gasteiger partial charge in [-0.2, -0.15) is 8.78 Å². The van der Waals surface area contributed by atoms with Crippen LogP contribution in [0.15, 0.2) is 24.5 Å². The predicted molar refractivity (Wildman–Crippen MR) is 109 cm³/mol. The smallest absolute Gasteiger partial charge is 0.340 e. The molecule has 2 unspecified atom stereocenters. The third kappa shape index (κ3) is 5.17. The second kappa shape index (κ2) is 9.48. The molecule has 13 heteroatoms. The number of nitrogens with zero attached hydrogens (tertiary/aromatic N) is 3. The van der Waals surface area contributed by atoms with Crippen molar-refractivity contribution in [1.29, 1.82) is 0 Å². The summed E-state index contributed by atoms with van der Waals surface area (Å²) in [7, 11) is 0. The van der Waals surface area contributed by atoms with E-state index in [-0.39, 0.29) is 23.3 Å². The van der Waals surface area contributed by atoms with Gasteiger partial charge in [0.2, 0.25) is 5.88 Å². The summed E-state index contributed by atoms with van der Waals surface area (Å²) in [6, 6.07) is 2.24. The maximum Gasteiger partial charge on any atom is 0.340 e. The van der Waals surface area contributed by atoms with Crippen molar-refractivity contribution >= 4 is 29.2 Å². The van der Waals surface area contributed by atoms with Crippen LogP contribution in [0.5, 0.6) is 5.88 Å². The number of halogens is 5. The number of aliphatic hydroxyl groups excluding tert-OH is 1. The fourth-order valence-corrected chi connectivity index (χ4v) is 3.30. The Morgan fingerprint density at radius 1 is 1.36 bits per heavy atom. The van der Waals surface area contributed by atoms with Crippen molar-refractivity contribution in [2.45, 2.75) is 44.9 Å². The molecule has 0 bridgehead atoms. The van der Waals surface area contributed by atoms with E-state index in [4.69, 9.17) is 11.6 Å². The number of anilines is 1. The van der Waals surface area contributed by atoms with Gasteiger partial charge < -0.3 is 20.1 Å². The minimum Gasteiger partial charge on any atom is -0.470 e. The standard InChI is InChI=1S/C20H19ClF4N4O4/c1-9(11-5-14(21)17(27-6-11)33-8-20(24,25)19(22)23)29-7-13-12(18(29)32)3-4-26-15(13)28-16(31)10(2)30/h3-6,9-10,19,30H,7-8H2,1-2H3,(H,26,28,31). The molecule has 0 aliphatic carbocycles. The minimum absolute atomic E-state index is 0.0784. The summed E-state index contributed by atoms with van der Waals surface area (Å²) < 4.78 is 55.4. The highest BCUT2D eigenvalue weighted by molar-refractivity contribution is 6.31. The van der Waals surface area contributed by atoms with Crippen molar-refractivity contribution < 1.29 is 37.0 Å². The molecule has 33 heavy (non-hydrogen) atoms. The number of nitrogens with one attached hydrogen (secondary N) is 1. The number of aliphatic hydroxyl groups is 1. The number of amides is 2. The van der Waals surface area contributed by atoms with Crippen molar-refractivity contribution in [2.75, 3.05) is 11.9 Å². The third-order valence-corrected chi connectivity index (χ3v) is 5.27. The van der Waals surface area contributed by atoms with Crippen LogP contribution >= 0.6 is 11.6 Å². The largest absolute Gasteiger partial charge is 0.470 e. The van der Waals surface area contributed by atoms with Crippen LogP contribution in [0.4, 0.5) is 23.4 Å². The lowest BCUT2D eigenvalue weighted by atomic mass is 10.1. The second-order valence-corrected chi connectivity index (χ2v) is 7.77. The van der Waals surface area contributed by atoms with Gasteiger partial charge in [0.05, 0.1) is 12.6 Å². The van der Waals surface area contributed by atoms with Crippen LogP contribution in [0.3, 0.4) is 0 Å². The number of pyridine rings is 2. The van der Waals surface area contributed by atoms with E-state index in [1.807, 2.05) is 0 Å². The molecule has 2 atom stereocenters. The van der Waals surface area contributed by atoms with Crippen molar-refractivity contribution in [3.05, 3.63) is 46.2 Å². The first-order chi connectivity index (χ1) is 15.4. The van der Waals surface area contributed by atoms with Gasteiger partial charge in [-0.3, -0.25) is 9.59 Å². The fraction of sp³-hybridized carbons (Fsp3) is 0.400. The van der Waals surface area contributed by atoms with E-state index >= 15 is 0 Å². The Morgan fingerprint density at radius 2 is 2.06 bits per heavy atom. The Labute approximate surface area is 190 Å². The van der Waals surface area contributed by atoms with E-state index in [1.165, 1.54) is 36.4 Å². The highest BCUT2D eigenvalue weighted by Crippen LogP contribution is 2.36. The van der Waals surface area contributed by atoms with Crippen LogP contribution in [-0.4, -0.2) is 56.8 Å². The number of hydrogen-bond donors (Lipinski definition) is 2. The number of aromatic nitrogens is 2. The Bertz CT molecular complexity index is 1070. The molecule has 178 valence electrons. The van der Waals surface area contributed by atoms with Gasteiger partial charge in [-0.25, -0.2) is 18.7 Å². The van der Waals surface area contributed by atoms with Crippen molar-refractivity contribution in [2.24, 2.45) is 0 Å². The lowest BCUT2D eigenvalue weighted by molar-refractivity contribution is -0.148. The first-order valence-corrected chi connectivity index (χ1v) is 10.0. The summed E-state index contributed by atoms with van der Waals surface area (Å²) in [6.07, 6.45) is -2.59. The van der Waals surface area contributed by atoms with E-state index in [1.54, 1.807) is 6.92 Å². The zero-order valence-corrected chi connectivity index (χ0v) is 18.1. The number of carbonyl (C=O) groups excluding carboxylic acids is 2. The Morgan fingerprint density at radius 3 is 2.67 bits per heavy atom. The molecule has 0 spiro atoms. The molecule has 0 radical (unpaired) electrons. The van der Waals surface area contributed by atoms with Gasteiger partial charge in [-0.05, 0) is 31.5 Å². The van der Waals surface area contributed by atoms with E-state index in [9.17, 15) is 32.3 Å². The number of fused-ring (bicyclic) bond motifs is 1. The van der Waals surface area contributed by atoms with Crippen LogP contribution in [0, 0.1) is 0 Å². The molecule has 2 amide bonds. The van der Waals surface area contributed by atoms with E-state index in [0.717, 1.165) is 0 Å². The lowest BCUT2D eigenvalue weighted by Crippen LogP contribution is -2.34. The number of rotatable bonds is 8. The highest BCUT2D eigenvalue weighted by Gasteiger charge is 2.42. The van der Waals surface area contributed by atoms with Gasteiger partial charge in [0, 0.05) is 23.5 Å². The summed E-state index contributed by atoms with van der Waals surface area (Å²) in [5.74, 6) is -5.71. The molecule has 2 aromatic heterocycles. The molecular weight excluding hydrogens is 472 g/mol. The van der Waals surface area contributed by atoms with Crippen molar-refractivity contribution in [3.63, 3.8) is 0 Å². The first-order valence-electron chi connectivity index (χ1n) is 9.64. The summed E-state index contributed by atoms with van der Waals surface area (Å²) >= 11 is 6.02. The topological polar surface area (TPSA) is 105 Å². The molecule has 0 fully saturated rings. The summed E-state index contributed by atoms with van der Waals surface area (Å²) in [5, 5.41) is 11.7. The average molecular weight is 491 g/mol. The van der Waals surface area contributed by atoms with Gasteiger partial charge in [-0.15, -0.1) is 0 Å². The second-order valence-electron chi connectivity index (χ2n) is 7.37. The summed E-state index contributed by atoms with van der Waals surface area (Å²) in [6.45, 7) is 1.44.